The molecule has 1 aromatic carbocycles. The summed E-state index contributed by atoms with van der Waals surface area (Å²) in [5.41, 5.74) is 1.12. The van der Waals surface area contributed by atoms with E-state index in [2.05, 4.69) is 20.1 Å². The first kappa shape index (κ1) is 19.1. The molecular formula is C19H16F3N5O2S. The number of nitrogens with zero attached hydrogens (tertiary/aromatic N) is 4. The summed E-state index contributed by atoms with van der Waals surface area (Å²) in [5, 5.41) is 9.78. The fourth-order valence-electron chi connectivity index (χ4n) is 3.88. The SMILES string of the molecule is O=C(c1csc(-c2cnn(-c3ccccc3OC(F)(F)F)c2)n1)N1C[C@H]2C[C@@H]1CN2. The van der Waals surface area contributed by atoms with Crippen molar-refractivity contribution in [3.05, 3.63) is 47.7 Å². The molecule has 3 aromatic rings. The molecule has 2 aliphatic heterocycles. The monoisotopic (exact) mass is 435 g/mol. The van der Waals surface area contributed by atoms with E-state index in [0.717, 1.165) is 13.0 Å². The van der Waals surface area contributed by atoms with E-state index < -0.39 is 6.36 Å². The van der Waals surface area contributed by atoms with Gasteiger partial charge in [-0.1, -0.05) is 12.1 Å². The Kier molecular flexibility index (Phi) is 4.51. The lowest BCUT2D eigenvalue weighted by Gasteiger charge is -2.26. The molecule has 2 aliphatic rings. The number of thiazole rings is 1. The molecule has 4 heterocycles. The number of alkyl halides is 3. The molecule has 0 spiro atoms. The molecule has 2 aromatic heterocycles. The van der Waals surface area contributed by atoms with Crippen LogP contribution in [0.4, 0.5) is 13.2 Å². The number of hydrogen-bond acceptors (Lipinski definition) is 6. The van der Waals surface area contributed by atoms with Gasteiger partial charge in [-0.05, 0) is 18.6 Å². The van der Waals surface area contributed by atoms with Crippen LogP contribution in [0.1, 0.15) is 16.9 Å². The van der Waals surface area contributed by atoms with E-state index in [1.165, 1.54) is 40.4 Å². The molecule has 2 bridgehead atoms. The lowest BCUT2D eigenvalue weighted by molar-refractivity contribution is -0.274. The minimum Gasteiger partial charge on any atom is -0.403 e. The number of hydrogen-bond donors (Lipinski definition) is 1. The molecule has 0 unspecified atom stereocenters. The Morgan fingerprint density at radius 1 is 1.30 bits per heavy atom. The van der Waals surface area contributed by atoms with Gasteiger partial charge in [0.2, 0.25) is 0 Å². The van der Waals surface area contributed by atoms with Gasteiger partial charge in [0.1, 0.15) is 16.4 Å². The highest BCUT2D eigenvalue weighted by molar-refractivity contribution is 7.13. The number of carbonyl (C=O) groups excluding carboxylic acids is 1. The molecule has 1 amide bonds. The standard InChI is InChI=1S/C19H16F3N5O2S/c20-19(21,22)29-16-4-2-1-3-15(16)27-8-11(6-24-27)17-25-14(10-30-17)18(28)26-9-12-5-13(26)7-23-12/h1-4,6,8,10,12-13,23H,5,7,9H2/t12-,13-/m1/s1. The first-order valence-corrected chi connectivity index (χ1v) is 10.2. The van der Waals surface area contributed by atoms with Gasteiger partial charge in [0.25, 0.3) is 5.91 Å². The van der Waals surface area contributed by atoms with Crippen molar-refractivity contribution in [1.82, 2.24) is 25.0 Å². The minimum atomic E-state index is -4.80. The zero-order chi connectivity index (χ0) is 20.9. The number of fused-ring (bicyclic) bond motifs is 2. The molecule has 0 radical (unpaired) electrons. The molecule has 2 fully saturated rings. The highest BCUT2D eigenvalue weighted by Gasteiger charge is 2.41. The van der Waals surface area contributed by atoms with Gasteiger partial charge in [-0.25, -0.2) is 9.67 Å². The van der Waals surface area contributed by atoms with Gasteiger partial charge in [0, 0.05) is 42.3 Å². The third kappa shape index (κ3) is 3.54. The number of benzene rings is 1. The predicted octanol–water partition coefficient (Wildman–Crippen LogP) is 3.08. The van der Waals surface area contributed by atoms with Gasteiger partial charge in [-0.3, -0.25) is 4.79 Å². The second-order valence-corrected chi connectivity index (χ2v) is 8.04. The smallest absolute Gasteiger partial charge is 0.403 e. The zero-order valence-electron chi connectivity index (χ0n) is 15.5. The number of nitrogens with one attached hydrogen (secondary N) is 1. The van der Waals surface area contributed by atoms with E-state index in [-0.39, 0.29) is 23.4 Å². The van der Waals surface area contributed by atoms with Crippen LogP contribution in [0.15, 0.2) is 42.0 Å². The molecule has 0 aliphatic carbocycles. The number of piperazine rings is 1. The van der Waals surface area contributed by atoms with Crippen LogP contribution in [0.3, 0.4) is 0 Å². The molecular weight excluding hydrogens is 419 g/mol. The molecule has 2 atom stereocenters. The van der Waals surface area contributed by atoms with Crippen LogP contribution in [0.25, 0.3) is 16.3 Å². The van der Waals surface area contributed by atoms with E-state index in [1.54, 1.807) is 17.6 Å². The average molecular weight is 435 g/mol. The fourth-order valence-corrected chi connectivity index (χ4v) is 4.65. The third-order valence-electron chi connectivity index (χ3n) is 5.21. The third-order valence-corrected chi connectivity index (χ3v) is 6.10. The molecule has 2 saturated heterocycles. The maximum absolute atomic E-state index is 12.8. The van der Waals surface area contributed by atoms with E-state index in [0.29, 0.717) is 28.9 Å². The van der Waals surface area contributed by atoms with Crippen molar-refractivity contribution in [2.24, 2.45) is 0 Å². The number of ether oxygens (including phenoxy) is 1. The molecule has 30 heavy (non-hydrogen) atoms. The highest BCUT2D eigenvalue weighted by atomic mass is 32.1. The Bertz CT molecular complexity index is 1100. The van der Waals surface area contributed by atoms with E-state index in [4.69, 9.17) is 0 Å². The quantitative estimate of drug-likeness (QED) is 0.682. The maximum Gasteiger partial charge on any atom is 0.573 e. The van der Waals surface area contributed by atoms with Crippen LogP contribution in [0, 0.1) is 0 Å². The first-order chi connectivity index (χ1) is 14.4. The first-order valence-electron chi connectivity index (χ1n) is 9.27. The summed E-state index contributed by atoms with van der Waals surface area (Å²) in [6, 6.07) is 6.32. The largest absolute Gasteiger partial charge is 0.573 e. The number of carbonyl (C=O) groups is 1. The van der Waals surface area contributed by atoms with Gasteiger partial charge < -0.3 is 15.0 Å². The van der Waals surface area contributed by atoms with Crippen molar-refractivity contribution >= 4 is 17.2 Å². The number of aromatic nitrogens is 3. The molecule has 11 heteroatoms. The molecule has 7 nitrogen and oxygen atoms in total. The maximum atomic E-state index is 12.8. The summed E-state index contributed by atoms with van der Waals surface area (Å²) in [7, 11) is 0. The van der Waals surface area contributed by atoms with Gasteiger partial charge in [-0.2, -0.15) is 5.10 Å². The topological polar surface area (TPSA) is 72.3 Å². The average Bonchev–Trinajstić information content (AvgIpc) is 3.50. The Morgan fingerprint density at radius 2 is 2.13 bits per heavy atom. The Hall–Kier alpha value is -2.92. The summed E-state index contributed by atoms with van der Waals surface area (Å²) in [6.45, 7) is 1.49. The summed E-state index contributed by atoms with van der Waals surface area (Å²) in [4.78, 5) is 19.1. The summed E-state index contributed by atoms with van der Waals surface area (Å²) < 4.78 is 43.4. The fraction of sp³-hybridized carbons (Fsp3) is 0.316. The number of para-hydroxylation sites is 2. The van der Waals surface area contributed by atoms with E-state index >= 15 is 0 Å². The summed E-state index contributed by atoms with van der Waals surface area (Å²) >= 11 is 1.29. The number of rotatable bonds is 4. The van der Waals surface area contributed by atoms with Gasteiger partial charge in [-0.15, -0.1) is 24.5 Å². The van der Waals surface area contributed by atoms with Crippen molar-refractivity contribution < 1.29 is 22.7 Å². The highest BCUT2D eigenvalue weighted by Crippen LogP contribution is 2.31. The molecule has 0 saturated carbocycles. The number of amides is 1. The number of halogens is 3. The van der Waals surface area contributed by atoms with Gasteiger partial charge in [0.05, 0.1) is 6.20 Å². The summed E-state index contributed by atoms with van der Waals surface area (Å²) in [6.07, 6.45) is -0.775. The van der Waals surface area contributed by atoms with E-state index in [1.807, 2.05) is 4.90 Å². The lowest BCUT2D eigenvalue weighted by atomic mass is 10.2. The van der Waals surface area contributed by atoms with E-state index in [9.17, 15) is 18.0 Å². The number of likely N-dealkylation sites (tertiary alicyclic amines) is 1. The summed E-state index contributed by atoms with van der Waals surface area (Å²) in [5.74, 6) is -0.449. The molecule has 5 rings (SSSR count). The van der Waals surface area contributed by atoms with Crippen LogP contribution in [-0.4, -0.2) is 57.1 Å². The van der Waals surface area contributed by atoms with Crippen LogP contribution < -0.4 is 10.1 Å². The van der Waals surface area contributed by atoms with Crippen molar-refractivity contribution in [3.63, 3.8) is 0 Å². The minimum absolute atomic E-state index is 0.0946. The predicted molar refractivity (Wildman–Crippen MR) is 103 cm³/mol. The second-order valence-electron chi connectivity index (χ2n) is 7.18. The van der Waals surface area contributed by atoms with Crippen molar-refractivity contribution in [1.29, 1.82) is 0 Å². The normalized spacial score (nSPS) is 20.7. The second kappa shape index (κ2) is 7.10. The zero-order valence-corrected chi connectivity index (χ0v) is 16.3. The van der Waals surface area contributed by atoms with Crippen LogP contribution in [-0.2, 0) is 0 Å². The van der Waals surface area contributed by atoms with Crippen LogP contribution in [0.2, 0.25) is 0 Å². The lowest BCUT2D eigenvalue weighted by Crippen LogP contribution is -2.46. The van der Waals surface area contributed by atoms with Crippen molar-refractivity contribution in [3.8, 4) is 22.0 Å². The van der Waals surface area contributed by atoms with Crippen LogP contribution in [0.5, 0.6) is 5.75 Å². The van der Waals surface area contributed by atoms with Crippen LogP contribution >= 0.6 is 11.3 Å². The van der Waals surface area contributed by atoms with Gasteiger partial charge in [0.15, 0.2) is 5.75 Å². The Balaban J connectivity index is 1.38. The molecule has 156 valence electrons. The van der Waals surface area contributed by atoms with Gasteiger partial charge >= 0.3 is 6.36 Å². The molecule has 1 N–H and O–H groups in total. The van der Waals surface area contributed by atoms with Crippen molar-refractivity contribution in [2.75, 3.05) is 13.1 Å². The Labute approximate surface area is 173 Å². The van der Waals surface area contributed by atoms with Crippen molar-refractivity contribution in [2.45, 2.75) is 24.9 Å². The Morgan fingerprint density at radius 3 is 2.87 bits per heavy atom.